The van der Waals surface area contributed by atoms with Crippen LogP contribution in [-0.4, -0.2) is 41.6 Å². The van der Waals surface area contributed by atoms with Gasteiger partial charge < -0.3 is 25.8 Å². The van der Waals surface area contributed by atoms with Gasteiger partial charge in [0.1, 0.15) is 6.04 Å². The van der Waals surface area contributed by atoms with Gasteiger partial charge in [0.15, 0.2) is 6.10 Å². The molecule has 248 valence electrons. The highest BCUT2D eigenvalue weighted by Gasteiger charge is 2.48. The van der Waals surface area contributed by atoms with Gasteiger partial charge in [-0.15, -0.1) is 0 Å². The van der Waals surface area contributed by atoms with Gasteiger partial charge in [-0.25, -0.2) is 4.79 Å². The van der Waals surface area contributed by atoms with E-state index in [4.69, 9.17) is 15.2 Å². The SMILES string of the molecule is C[C@@H](NC(=O)[C@@H](NC(=O)[C@H](C/C=C/c1ccc(Cc2cccc(C(N)=O)c2)cc1)[C@@H]1OC(C)(C)OC1=O)C(C)(C)C)c1ccccc1. The molecule has 1 saturated heterocycles. The van der Waals surface area contributed by atoms with E-state index in [1.54, 1.807) is 26.0 Å². The van der Waals surface area contributed by atoms with Gasteiger partial charge in [0.25, 0.3) is 0 Å². The number of benzene rings is 3. The van der Waals surface area contributed by atoms with Crippen LogP contribution in [0, 0.1) is 11.3 Å². The molecule has 3 aromatic carbocycles. The van der Waals surface area contributed by atoms with Gasteiger partial charge in [-0.1, -0.05) is 99.7 Å². The molecular formula is C38H45N3O6. The first-order valence-corrected chi connectivity index (χ1v) is 15.8. The minimum Gasteiger partial charge on any atom is -0.432 e. The lowest BCUT2D eigenvalue weighted by Gasteiger charge is -2.33. The molecule has 0 bridgehead atoms. The van der Waals surface area contributed by atoms with Crippen molar-refractivity contribution in [1.29, 1.82) is 0 Å². The van der Waals surface area contributed by atoms with E-state index in [-0.39, 0.29) is 18.4 Å². The lowest BCUT2D eigenvalue weighted by atomic mass is 9.85. The third-order valence-electron chi connectivity index (χ3n) is 8.06. The van der Waals surface area contributed by atoms with E-state index in [9.17, 15) is 19.2 Å². The van der Waals surface area contributed by atoms with Crippen molar-refractivity contribution in [3.8, 4) is 0 Å². The number of hydrogen-bond donors (Lipinski definition) is 3. The standard InChI is InChI=1S/C38H45N3O6/c1-24(28-14-8-7-9-15-28)40-35(44)32(37(2,3)4)41-34(43)30(31-36(45)47-38(5,6)46-31)17-11-12-25-18-20-26(21-19-25)22-27-13-10-16-29(23-27)33(39)42/h7-16,18-21,23-24,30-32H,17,22H2,1-6H3,(H2,39,42)(H,40,44)(H,41,43)/b12-11+/t24-,30-,31+,32-/m1/s1. The average Bonchev–Trinajstić information content (AvgIpc) is 3.29. The maximum atomic E-state index is 13.9. The zero-order chi connectivity index (χ0) is 34.4. The number of ether oxygens (including phenoxy) is 2. The second-order valence-corrected chi connectivity index (χ2v) is 13.5. The molecule has 0 spiro atoms. The van der Waals surface area contributed by atoms with E-state index in [0.29, 0.717) is 12.0 Å². The molecule has 0 unspecified atom stereocenters. The average molecular weight is 640 g/mol. The Morgan fingerprint density at radius 3 is 2.19 bits per heavy atom. The summed E-state index contributed by atoms with van der Waals surface area (Å²) in [6.45, 7) is 10.8. The molecule has 3 aromatic rings. The van der Waals surface area contributed by atoms with E-state index in [0.717, 1.165) is 22.3 Å². The van der Waals surface area contributed by atoms with Crippen LogP contribution < -0.4 is 16.4 Å². The highest BCUT2D eigenvalue weighted by molar-refractivity contribution is 5.93. The van der Waals surface area contributed by atoms with Crippen LogP contribution in [0.1, 0.15) is 86.6 Å². The predicted molar refractivity (Wildman–Crippen MR) is 181 cm³/mol. The number of nitrogens with two attached hydrogens (primary N) is 1. The number of allylic oxidation sites excluding steroid dienone is 1. The number of amides is 3. The number of carbonyl (C=O) groups excluding carboxylic acids is 4. The highest BCUT2D eigenvalue weighted by Crippen LogP contribution is 2.31. The Bertz CT molecular complexity index is 1610. The van der Waals surface area contributed by atoms with Gasteiger partial charge in [-0.3, -0.25) is 14.4 Å². The monoisotopic (exact) mass is 639 g/mol. The molecule has 1 aliphatic heterocycles. The molecule has 0 saturated carbocycles. The lowest BCUT2D eigenvalue weighted by molar-refractivity contribution is -0.162. The highest BCUT2D eigenvalue weighted by atomic mass is 16.8. The summed E-state index contributed by atoms with van der Waals surface area (Å²) in [4.78, 5) is 51.8. The Morgan fingerprint density at radius 1 is 0.915 bits per heavy atom. The van der Waals surface area contributed by atoms with Gasteiger partial charge in [0.05, 0.1) is 12.0 Å². The largest absolute Gasteiger partial charge is 0.432 e. The van der Waals surface area contributed by atoms with E-state index in [1.165, 1.54) is 0 Å². The summed E-state index contributed by atoms with van der Waals surface area (Å²) in [6.07, 6.45) is 3.36. The van der Waals surface area contributed by atoms with Crippen molar-refractivity contribution in [2.24, 2.45) is 17.1 Å². The molecule has 0 aliphatic carbocycles. The zero-order valence-electron chi connectivity index (χ0n) is 27.9. The Labute approximate surface area is 276 Å². The third kappa shape index (κ3) is 9.62. The first kappa shape index (κ1) is 35.1. The fourth-order valence-corrected chi connectivity index (χ4v) is 5.51. The minimum atomic E-state index is -1.18. The van der Waals surface area contributed by atoms with E-state index < -0.39 is 47.0 Å². The van der Waals surface area contributed by atoms with Crippen molar-refractivity contribution >= 4 is 29.8 Å². The van der Waals surface area contributed by atoms with Gasteiger partial charge in [0, 0.05) is 19.4 Å². The number of cyclic esters (lactones) is 1. The molecule has 3 amide bonds. The van der Waals surface area contributed by atoms with Crippen molar-refractivity contribution in [3.63, 3.8) is 0 Å². The first-order chi connectivity index (χ1) is 22.1. The Morgan fingerprint density at radius 2 is 1.60 bits per heavy atom. The topological polar surface area (TPSA) is 137 Å². The number of hydrogen-bond acceptors (Lipinski definition) is 6. The molecule has 9 nitrogen and oxygen atoms in total. The molecule has 1 heterocycles. The molecule has 1 aliphatic rings. The molecule has 47 heavy (non-hydrogen) atoms. The van der Waals surface area contributed by atoms with Crippen LogP contribution in [0.5, 0.6) is 0 Å². The van der Waals surface area contributed by atoms with Gasteiger partial charge in [0.2, 0.25) is 23.5 Å². The summed E-state index contributed by atoms with van der Waals surface area (Å²) < 4.78 is 11.3. The van der Waals surface area contributed by atoms with Crippen LogP contribution in [0.2, 0.25) is 0 Å². The van der Waals surface area contributed by atoms with Crippen LogP contribution in [0.3, 0.4) is 0 Å². The second-order valence-electron chi connectivity index (χ2n) is 13.5. The van der Waals surface area contributed by atoms with Crippen molar-refractivity contribution in [3.05, 3.63) is 113 Å². The van der Waals surface area contributed by atoms with Gasteiger partial charge in [-0.05, 0) is 59.6 Å². The number of esters is 1. The van der Waals surface area contributed by atoms with Crippen LogP contribution in [0.4, 0.5) is 0 Å². The quantitative estimate of drug-likeness (QED) is 0.225. The first-order valence-electron chi connectivity index (χ1n) is 15.8. The molecule has 9 heteroatoms. The summed E-state index contributed by atoms with van der Waals surface area (Å²) in [6, 6.07) is 23.6. The minimum absolute atomic E-state index is 0.169. The summed E-state index contributed by atoms with van der Waals surface area (Å²) in [5, 5.41) is 5.95. The zero-order valence-corrected chi connectivity index (χ0v) is 27.9. The van der Waals surface area contributed by atoms with Crippen molar-refractivity contribution < 1.29 is 28.7 Å². The van der Waals surface area contributed by atoms with Crippen molar-refractivity contribution in [1.82, 2.24) is 10.6 Å². The van der Waals surface area contributed by atoms with E-state index >= 15 is 0 Å². The number of nitrogens with one attached hydrogen (secondary N) is 2. The summed E-state index contributed by atoms with van der Waals surface area (Å²) in [7, 11) is 0. The Hall–Kier alpha value is -4.76. The van der Waals surface area contributed by atoms with E-state index in [1.807, 2.05) is 107 Å². The van der Waals surface area contributed by atoms with Crippen LogP contribution in [0.25, 0.3) is 6.08 Å². The summed E-state index contributed by atoms with van der Waals surface area (Å²) >= 11 is 0. The van der Waals surface area contributed by atoms with Crippen LogP contribution >= 0.6 is 0 Å². The smallest absolute Gasteiger partial charge is 0.338 e. The summed E-state index contributed by atoms with van der Waals surface area (Å²) in [5.74, 6) is -4.01. The molecule has 4 atom stereocenters. The summed E-state index contributed by atoms with van der Waals surface area (Å²) in [5.41, 5.74) is 9.12. The molecule has 0 aromatic heterocycles. The van der Waals surface area contributed by atoms with E-state index in [2.05, 4.69) is 10.6 Å². The second kappa shape index (κ2) is 14.8. The maximum Gasteiger partial charge on any atom is 0.338 e. The van der Waals surface area contributed by atoms with Crippen LogP contribution in [-0.2, 0) is 30.3 Å². The number of rotatable bonds is 12. The maximum absolute atomic E-state index is 13.9. The normalized spacial score (nSPS) is 17.8. The predicted octanol–water partition coefficient (Wildman–Crippen LogP) is 5.48. The Balaban J connectivity index is 1.48. The lowest BCUT2D eigenvalue weighted by Crippen LogP contribution is -2.56. The fraction of sp³-hybridized carbons (Fsp3) is 0.368. The van der Waals surface area contributed by atoms with Gasteiger partial charge >= 0.3 is 5.97 Å². The third-order valence-corrected chi connectivity index (χ3v) is 8.06. The molecule has 4 N–H and O–H groups in total. The van der Waals surface area contributed by atoms with Crippen LogP contribution in [0.15, 0.2) is 84.9 Å². The number of primary amides is 1. The van der Waals surface area contributed by atoms with Crippen molar-refractivity contribution in [2.75, 3.05) is 0 Å². The molecule has 0 radical (unpaired) electrons. The number of carbonyl (C=O) groups is 4. The molecule has 1 fully saturated rings. The van der Waals surface area contributed by atoms with Gasteiger partial charge in [-0.2, -0.15) is 0 Å². The molecular weight excluding hydrogens is 594 g/mol. The Kier molecular flexibility index (Phi) is 11.0. The van der Waals surface area contributed by atoms with Crippen molar-refractivity contribution in [2.45, 2.75) is 78.4 Å². The molecule has 4 rings (SSSR count). The fourth-order valence-electron chi connectivity index (χ4n) is 5.51.